The second-order valence-corrected chi connectivity index (χ2v) is 9.81. The van der Waals surface area contributed by atoms with Crippen LogP contribution in [0.5, 0.6) is 11.6 Å². The van der Waals surface area contributed by atoms with Crippen molar-refractivity contribution in [3.63, 3.8) is 0 Å². The molecule has 192 valence electrons. The molecule has 0 spiro atoms. The summed E-state index contributed by atoms with van der Waals surface area (Å²) in [6.07, 6.45) is 0.633. The minimum Gasteiger partial charge on any atom is -0.490 e. The average Bonchev–Trinajstić information content (AvgIpc) is 3.01. The second-order valence-electron chi connectivity index (χ2n) is 9.81. The van der Waals surface area contributed by atoms with Crippen LogP contribution in [0.3, 0.4) is 0 Å². The molecule has 2 fully saturated rings. The first-order valence-corrected chi connectivity index (χ1v) is 11.9. The molecule has 1 atom stereocenters. The summed E-state index contributed by atoms with van der Waals surface area (Å²) in [5, 5.41) is 3.32. The van der Waals surface area contributed by atoms with Crippen LogP contribution in [0.25, 0.3) is 10.8 Å². The molecule has 10 heteroatoms. The van der Waals surface area contributed by atoms with Gasteiger partial charge < -0.3 is 20.5 Å². The highest BCUT2D eigenvalue weighted by Gasteiger charge is 2.48. The van der Waals surface area contributed by atoms with Gasteiger partial charge in [-0.2, -0.15) is 8.78 Å². The zero-order valence-electron chi connectivity index (χ0n) is 20.7. The van der Waals surface area contributed by atoms with E-state index in [1.165, 1.54) is 6.20 Å². The van der Waals surface area contributed by atoms with Crippen LogP contribution >= 0.6 is 0 Å². The Morgan fingerprint density at radius 3 is 2.58 bits per heavy atom. The predicted molar refractivity (Wildman–Crippen MR) is 130 cm³/mol. The van der Waals surface area contributed by atoms with E-state index in [1.807, 2.05) is 13.8 Å². The third kappa shape index (κ3) is 5.36. The number of nitrogens with one attached hydrogen (secondary N) is 1. The van der Waals surface area contributed by atoms with Crippen molar-refractivity contribution in [3.8, 4) is 23.5 Å². The number of carbonyl (C=O) groups excluding carboxylic acids is 2. The molecule has 8 nitrogen and oxygen atoms in total. The first-order chi connectivity index (χ1) is 16.9. The molecule has 0 aliphatic carbocycles. The number of hydrogen-bond acceptors (Lipinski definition) is 6. The van der Waals surface area contributed by atoms with Crippen LogP contribution in [0.4, 0.5) is 8.78 Å². The number of ether oxygens (including phenoxy) is 2. The van der Waals surface area contributed by atoms with Crippen molar-refractivity contribution in [2.75, 3.05) is 19.7 Å². The molecule has 2 aromatic rings. The summed E-state index contributed by atoms with van der Waals surface area (Å²) in [6.45, 7) is 9.48. The first kappa shape index (κ1) is 25.6. The fraction of sp³-hybridized carbons (Fsp3) is 0.500. The van der Waals surface area contributed by atoms with Gasteiger partial charge in [-0.05, 0) is 39.8 Å². The van der Waals surface area contributed by atoms with Gasteiger partial charge in [0.15, 0.2) is 0 Å². The Morgan fingerprint density at radius 2 is 2.00 bits per heavy atom. The summed E-state index contributed by atoms with van der Waals surface area (Å²) < 4.78 is 38.8. The van der Waals surface area contributed by atoms with Gasteiger partial charge in [0.25, 0.3) is 11.8 Å². The van der Waals surface area contributed by atoms with Crippen LogP contribution < -0.4 is 20.5 Å². The fourth-order valence-corrected chi connectivity index (χ4v) is 4.23. The maximum Gasteiger partial charge on any atom is 0.326 e. The summed E-state index contributed by atoms with van der Waals surface area (Å²) in [5.41, 5.74) is 6.40. The average molecular weight is 501 g/mol. The van der Waals surface area contributed by atoms with E-state index in [-0.39, 0.29) is 35.8 Å². The Hall–Kier alpha value is -3.45. The van der Waals surface area contributed by atoms with Gasteiger partial charge in [-0.3, -0.25) is 14.5 Å². The standard InChI is InChI=1S/C26H30F2N4O4/c1-14(2)32-11-16(12-32)5-6-17-10-30-24(35-13-18-9-26(27,28)25(34)31-18)20-8-22(36-15(3)4)21(23(29)33)7-19(17)20/h7-8,10,14-16,18H,9,11-13H2,1-4H3,(H2,29,33)(H,31,34)/t18-/m0/s1. The van der Waals surface area contributed by atoms with E-state index in [2.05, 4.69) is 40.9 Å². The number of rotatable bonds is 7. The van der Waals surface area contributed by atoms with Gasteiger partial charge >= 0.3 is 5.92 Å². The zero-order chi connectivity index (χ0) is 26.2. The number of primary amides is 1. The minimum absolute atomic E-state index is 0.152. The van der Waals surface area contributed by atoms with E-state index >= 15 is 0 Å². The highest BCUT2D eigenvalue weighted by Crippen LogP contribution is 2.34. The highest BCUT2D eigenvalue weighted by molar-refractivity contribution is 6.03. The topological polar surface area (TPSA) is 107 Å². The van der Waals surface area contributed by atoms with E-state index in [9.17, 15) is 18.4 Å². The third-order valence-corrected chi connectivity index (χ3v) is 6.22. The lowest BCUT2D eigenvalue weighted by molar-refractivity contribution is -0.139. The van der Waals surface area contributed by atoms with Crippen LogP contribution in [0, 0.1) is 17.8 Å². The number of fused-ring (bicyclic) bond motifs is 1. The van der Waals surface area contributed by atoms with Crippen molar-refractivity contribution in [3.05, 3.63) is 29.5 Å². The van der Waals surface area contributed by atoms with Gasteiger partial charge in [0, 0.05) is 48.4 Å². The summed E-state index contributed by atoms with van der Waals surface area (Å²) in [7, 11) is 0. The number of hydrogen-bond donors (Lipinski definition) is 2. The SMILES string of the molecule is CC(C)Oc1cc2c(OC[C@@H]3CC(F)(F)C(=O)N3)ncc(C#CC3CN(C(C)C)C3)c2cc1C(N)=O. The lowest BCUT2D eigenvalue weighted by Crippen LogP contribution is -2.49. The molecule has 4 rings (SSSR count). The normalized spacial score (nSPS) is 19.7. The number of aromatic nitrogens is 1. The van der Waals surface area contributed by atoms with Crippen molar-refractivity contribution in [1.29, 1.82) is 0 Å². The maximum absolute atomic E-state index is 13.6. The van der Waals surface area contributed by atoms with Gasteiger partial charge in [0.05, 0.1) is 23.3 Å². The molecule has 3 heterocycles. The van der Waals surface area contributed by atoms with Crippen LogP contribution in [-0.4, -0.2) is 65.5 Å². The van der Waals surface area contributed by atoms with E-state index < -0.39 is 30.2 Å². The largest absolute Gasteiger partial charge is 0.490 e. The molecule has 36 heavy (non-hydrogen) atoms. The van der Waals surface area contributed by atoms with E-state index in [0.29, 0.717) is 22.4 Å². The van der Waals surface area contributed by atoms with Gasteiger partial charge in [0.1, 0.15) is 12.4 Å². The van der Waals surface area contributed by atoms with Crippen molar-refractivity contribution in [1.82, 2.24) is 15.2 Å². The van der Waals surface area contributed by atoms with Crippen LogP contribution in [0.15, 0.2) is 18.3 Å². The Kier molecular flexibility index (Phi) is 7.05. The van der Waals surface area contributed by atoms with E-state index in [0.717, 1.165) is 13.1 Å². The summed E-state index contributed by atoms with van der Waals surface area (Å²) in [6, 6.07) is 2.81. The number of pyridine rings is 1. The molecule has 2 amide bonds. The lowest BCUT2D eigenvalue weighted by Gasteiger charge is -2.39. The maximum atomic E-state index is 13.6. The number of nitrogens with zero attached hydrogens (tertiary/aromatic N) is 2. The molecule has 0 bridgehead atoms. The summed E-state index contributed by atoms with van der Waals surface area (Å²) >= 11 is 0. The number of alkyl halides is 2. The smallest absolute Gasteiger partial charge is 0.326 e. The molecule has 1 aromatic carbocycles. The van der Waals surface area contributed by atoms with Gasteiger partial charge in [-0.1, -0.05) is 11.8 Å². The molecule has 0 unspecified atom stereocenters. The molecule has 3 N–H and O–H groups in total. The van der Waals surface area contributed by atoms with Gasteiger partial charge in [-0.25, -0.2) is 4.98 Å². The van der Waals surface area contributed by atoms with Crippen LogP contribution in [0.2, 0.25) is 0 Å². The molecular formula is C26H30F2N4O4. The predicted octanol–water partition coefficient (Wildman–Crippen LogP) is 2.72. The van der Waals surface area contributed by atoms with E-state index in [4.69, 9.17) is 15.2 Å². The van der Waals surface area contributed by atoms with Gasteiger partial charge in [0.2, 0.25) is 5.88 Å². The van der Waals surface area contributed by atoms with Crippen molar-refractivity contribution >= 4 is 22.6 Å². The quantitative estimate of drug-likeness (QED) is 0.567. The number of carbonyl (C=O) groups is 2. The number of benzene rings is 1. The van der Waals surface area contributed by atoms with E-state index in [1.54, 1.807) is 12.1 Å². The number of halogens is 2. The first-order valence-electron chi connectivity index (χ1n) is 11.9. The second kappa shape index (κ2) is 9.90. The van der Waals surface area contributed by atoms with Crippen molar-refractivity contribution in [2.45, 2.75) is 58.2 Å². The van der Waals surface area contributed by atoms with Crippen molar-refractivity contribution < 1.29 is 27.8 Å². The zero-order valence-corrected chi connectivity index (χ0v) is 20.7. The molecule has 2 aliphatic heterocycles. The summed E-state index contributed by atoms with van der Waals surface area (Å²) in [4.78, 5) is 30.3. The molecule has 1 aromatic heterocycles. The molecule has 2 saturated heterocycles. The Bertz CT molecular complexity index is 1250. The Morgan fingerprint density at radius 1 is 1.28 bits per heavy atom. The molecule has 0 radical (unpaired) electrons. The summed E-state index contributed by atoms with van der Waals surface area (Å²) in [5.74, 6) is 1.68. The van der Waals surface area contributed by atoms with Crippen LogP contribution in [-0.2, 0) is 4.79 Å². The molecular weight excluding hydrogens is 470 g/mol. The van der Waals surface area contributed by atoms with Crippen LogP contribution in [0.1, 0.15) is 50.0 Å². The number of nitrogens with two attached hydrogens (primary N) is 1. The Balaban J connectivity index is 1.69. The lowest BCUT2D eigenvalue weighted by atomic mass is 9.97. The third-order valence-electron chi connectivity index (χ3n) is 6.22. The number of amides is 2. The molecule has 0 saturated carbocycles. The molecule has 2 aliphatic rings. The fourth-order valence-electron chi connectivity index (χ4n) is 4.23. The minimum atomic E-state index is -3.43. The van der Waals surface area contributed by atoms with Gasteiger partial charge in [-0.15, -0.1) is 0 Å². The number of likely N-dealkylation sites (tertiary alicyclic amines) is 1. The monoisotopic (exact) mass is 500 g/mol. The Labute approximate surface area is 208 Å². The van der Waals surface area contributed by atoms with Crippen molar-refractivity contribution in [2.24, 2.45) is 11.7 Å². The highest BCUT2D eigenvalue weighted by atomic mass is 19.3.